The number of carbonyl (C=O) groups is 1. The summed E-state index contributed by atoms with van der Waals surface area (Å²) in [6, 6.07) is 9.74. The lowest BCUT2D eigenvalue weighted by Crippen LogP contribution is -2.06. The zero-order valence-corrected chi connectivity index (χ0v) is 10.9. The highest BCUT2D eigenvalue weighted by molar-refractivity contribution is 5.86. The highest BCUT2D eigenvalue weighted by atomic mass is 16.5. The van der Waals surface area contributed by atoms with E-state index < -0.39 is 0 Å². The van der Waals surface area contributed by atoms with E-state index in [1.807, 2.05) is 30.3 Å². The van der Waals surface area contributed by atoms with Crippen molar-refractivity contribution in [2.75, 3.05) is 13.2 Å². The molecule has 1 aromatic carbocycles. The Morgan fingerprint density at radius 1 is 1.11 bits per heavy atom. The molecule has 18 heavy (non-hydrogen) atoms. The molecule has 0 N–H and O–H groups in total. The Morgan fingerprint density at radius 2 is 1.78 bits per heavy atom. The van der Waals surface area contributed by atoms with Gasteiger partial charge in [0.25, 0.3) is 0 Å². The molecular weight excluding hydrogens is 228 g/mol. The largest absolute Gasteiger partial charge is 0.494 e. The Labute approximate surface area is 108 Å². The van der Waals surface area contributed by atoms with Gasteiger partial charge in [0.15, 0.2) is 0 Å². The third kappa shape index (κ3) is 6.09. The van der Waals surface area contributed by atoms with Crippen LogP contribution in [-0.4, -0.2) is 19.2 Å². The molecule has 0 saturated carbocycles. The molecule has 0 spiro atoms. The fourth-order valence-corrected chi connectivity index (χ4v) is 1.38. The maximum absolute atomic E-state index is 11.1. The number of ether oxygens (including phenoxy) is 2. The molecule has 0 aromatic heterocycles. The molecule has 1 aromatic rings. The van der Waals surface area contributed by atoms with Crippen LogP contribution >= 0.6 is 0 Å². The van der Waals surface area contributed by atoms with Crippen molar-refractivity contribution in [2.24, 2.45) is 0 Å². The SMILES string of the molecule is C=C(C)C(=O)OCCCCCOc1ccccc1. The molecule has 0 bridgehead atoms. The van der Waals surface area contributed by atoms with Crippen molar-refractivity contribution in [1.82, 2.24) is 0 Å². The first-order valence-corrected chi connectivity index (χ1v) is 6.20. The van der Waals surface area contributed by atoms with Gasteiger partial charge in [-0.3, -0.25) is 0 Å². The van der Waals surface area contributed by atoms with E-state index in [2.05, 4.69) is 6.58 Å². The van der Waals surface area contributed by atoms with Gasteiger partial charge in [0.1, 0.15) is 5.75 Å². The van der Waals surface area contributed by atoms with E-state index in [0.29, 0.717) is 18.8 Å². The van der Waals surface area contributed by atoms with E-state index in [1.54, 1.807) is 6.92 Å². The van der Waals surface area contributed by atoms with Gasteiger partial charge in [0.05, 0.1) is 13.2 Å². The minimum atomic E-state index is -0.310. The van der Waals surface area contributed by atoms with E-state index >= 15 is 0 Å². The normalized spacial score (nSPS) is 9.83. The summed E-state index contributed by atoms with van der Waals surface area (Å²) in [4.78, 5) is 11.1. The fourth-order valence-electron chi connectivity index (χ4n) is 1.38. The fraction of sp³-hybridized carbons (Fsp3) is 0.400. The zero-order valence-electron chi connectivity index (χ0n) is 10.9. The Kier molecular flexibility index (Phi) is 6.62. The minimum Gasteiger partial charge on any atom is -0.494 e. The van der Waals surface area contributed by atoms with Crippen LogP contribution < -0.4 is 4.74 Å². The van der Waals surface area contributed by atoms with Gasteiger partial charge >= 0.3 is 5.97 Å². The molecule has 0 aliphatic heterocycles. The molecule has 0 fully saturated rings. The molecule has 3 nitrogen and oxygen atoms in total. The van der Waals surface area contributed by atoms with Crippen molar-refractivity contribution in [3.8, 4) is 5.75 Å². The van der Waals surface area contributed by atoms with E-state index in [0.717, 1.165) is 25.0 Å². The summed E-state index contributed by atoms with van der Waals surface area (Å²) in [5.41, 5.74) is 0.447. The van der Waals surface area contributed by atoms with Crippen LogP contribution in [0.25, 0.3) is 0 Å². The molecule has 0 amide bonds. The smallest absolute Gasteiger partial charge is 0.333 e. The monoisotopic (exact) mass is 248 g/mol. The number of para-hydroxylation sites is 1. The lowest BCUT2D eigenvalue weighted by Gasteiger charge is -2.06. The van der Waals surface area contributed by atoms with E-state index in [-0.39, 0.29) is 5.97 Å². The van der Waals surface area contributed by atoms with Gasteiger partial charge in [-0.2, -0.15) is 0 Å². The topological polar surface area (TPSA) is 35.5 Å². The summed E-state index contributed by atoms with van der Waals surface area (Å²) in [5.74, 6) is 0.585. The summed E-state index contributed by atoms with van der Waals surface area (Å²) >= 11 is 0. The Balaban J connectivity index is 1.96. The van der Waals surface area contributed by atoms with Crippen LogP contribution in [0.4, 0.5) is 0 Å². The van der Waals surface area contributed by atoms with Crippen LogP contribution in [0.1, 0.15) is 26.2 Å². The standard InChI is InChI=1S/C15H20O3/c1-13(2)15(16)18-12-8-4-7-11-17-14-9-5-3-6-10-14/h3,5-6,9-10H,1,4,7-8,11-12H2,2H3. The van der Waals surface area contributed by atoms with Gasteiger partial charge in [-0.15, -0.1) is 0 Å². The molecule has 0 radical (unpaired) electrons. The summed E-state index contributed by atoms with van der Waals surface area (Å²) in [6.07, 6.45) is 2.80. The predicted octanol–water partition coefficient (Wildman–Crippen LogP) is 3.36. The molecule has 0 unspecified atom stereocenters. The third-order valence-corrected chi connectivity index (χ3v) is 2.38. The number of esters is 1. The molecule has 3 heteroatoms. The number of hydrogen-bond acceptors (Lipinski definition) is 3. The van der Waals surface area contributed by atoms with Gasteiger partial charge < -0.3 is 9.47 Å². The third-order valence-electron chi connectivity index (χ3n) is 2.38. The molecule has 0 heterocycles. The number of rotatable bonds is 8. The van der Waals surface area contributed by atoms with Crippen LogP contribution in [0, 0.1) is 0 Å². The van der Waals surface area contributed by atoms with Crippen LogP contribution in [0.15, 0.2) is 42.5 Å². The van der Waals surface area contributed by atoms with Crippen molar-refractivity contribution in [2.45, 2.75) is 26.2 Å². The molecule has 0 saturated heterocycles. The van der Waals surface area contributed by atoms with E-state index in [4.69, 9.17) is 9.47 Å². The van der Waals surface area contributed by atoms with Crippen molar-refractivity contribution >= 4 is 5.97 Å². The van der Waals surface area contributed by atoms with E-state index in [9.17, 15) is 4.79 Å². The Morgan fingerprint density at radius 3 is 2.44 bits per heavy atom. The van der Waals surface area contributed by atoms with Crippen molar-refractivity contribution in [3.63, 3.8) is 0 Å². The molecule has 98 valence electrons. The van der Waals surface area contributed by atoms with Crippen LogP contribution in [0.5, 0.6) is 5.75 Å². The van der Waals surface area contributed by atoms with Gasteiger partial charge in [0.2, 0.25) is 0 Å². The second kappa shape index (κ2) is 8.34. The van der Waals surface area contributed by atoms with Crippen molar-refractivity contribution in [1.29, 1.82) is 0 Å². The maximum atomic E-state index is 11.1. The number of hydrogen-bond donors (Lipinski definition) is 0. The zero-order chi connectivity index (χ0) is 13.2. The van der Waals surface area contributed by atoms with Gasteiger partial charge in [-0.1, -0.05) is 24.8 Å². The number of unbranched alkanes of at least 4 members (excludes halogenated alkanes) is 2. The van der Waals surface area contributed by atoms with Crippen LogP contribution in [-0.2, 0) is 9.53 Å². The lowest BCUT2D eigenvalue weighted by molar-refractivity contribution is -0.139. The van der Waals surface area contributed by atoms with Crippen molar-refractivity contribution in [3.05, 3.63) is 42.5 Å². The Bertz CT molecular complexity index is 371. The van der Waals surface area contributed by atoms with E-state index in [1.165, 1.54) is 0 Å². The summed E-state index contributed by atoms with van der Waals surface area (Å²) in [6.45, 7) is 6.32. The number of benzene rings is 1. The van der Waals surface area contributed by atoms with Crippen molar-refractivity contribution < 1.29 is 14.3 Å². The average Bonchev–Trinajstić information content (AvgIpc) is 2.38. The molecule has 0 aliphatic rings. The van der Waals surface area contributed by atoms with Crippen LogP contribution in [0.3, 0.4) is 0 Å². The predicted molar refractivity (Wildman–Crippen MR) is 71.6 cm³/mol. The summed E-state index contributed by atoms with van der Waals surface area (Å²) < 4.78 is 10.5. The second-order valence-electron chi connectivity index (χ2n) is 4.14. The first-order valence-electron chi connectivity index (χ1n) is 6.20. The molecule has 0 aliphatic carbocycles. The van der Waals surface area contributed by atoms with Gasteiger partial charge in [0, 0.05) is 5.57 Å². The molecular formula is C15H20O3. The number of carbonyl (C=O) groups excluding carboxylic acids is 1. The van der Waals surface area contributed by atoms with Gasteiger partial charge in [-0.05, 0) is 38.3 Å². The maximum Gasteiger partial charge on any atom is 0.333 e. The molecule has 0 atom stereocenters. The lowest BCUT2D eigenvalue weighted by atomic mass is 10.2. The quantitative estimate of drug-likeness (QED) is 0.402. The molecule has 1 rings (SSSR count). The van der Waals surface area contributed by atoms with Gasteiger partial charge in [-0.25, -0.2) is 4.79 Å². The minimum absolute atomic E-state index is 0.310. The second-order valence-corrected chi connectivity index (χ2v) is 4.14. The highest BCUT2D eigenvalue weighted by Crippen LogP contribution is 2.09. The van der Waals surface area contributed by atoms with Crippen LogP contribution in [0.2, 0.25) is 0 Å². The Hall–Kier alpha value is -1.77. The summed E-state index contributed by atoms with van der Waals surface area (Å²) in [5, 5.41) is 0. The average molecular weight is 248 g/mol. The summed E-state index contributed by atoms with van der Waals surface area (Å²) in [7, 11) is 0. The highest BCUT2D eigenvalue weighted by Gasteiger charge is 2.01. The first kappa shape index (κ1) is 14.3. The first-order chi connectivity index (χ1) is 8.70.